The topological polar surface area (TPSA) is 55.5 Å². The Labute approximate surface area is 111 Å². The molecule has 0 aliphatic carbocycles. The number of benzene rings is 1. The summed E-state index contributed by atoms with van der Waals surface area (Å²) in [7, 11) is 0. The Kier molecular flexibility index (Phi) is 7.13. The Hall–Kier alpha value is -0.910. The van der Waals surface area contributed by atoms with Gasteiger partial charge in [-0.2, -0.15) is 8.78 Å². The van der Waals surface area contributed by atoms with Crippen molar-refractivity contribution in [2.75, 3.05) is 0 Å². The van der Waals surface area contributed by atoms with Gasteiger partial charge in [-0.1, -0.05) is 26.0 Å². The minimum absolute atomic E-state index is 0. The Bertz CT molecular complexity index is 346. The molecular weight excluding hydrogens is 264 g/mol. The van der Waals surface area contributed by atoms with Crippen molar-refractivity contribution in [2.45, 2.75) is 32.6 Å². The SMILES string of the molecule is CC(C)[C@@H](O)[C@@H](N)c1ccc(OC(F)F)cc1.Cl. The summed E-state index contributed by atoms with van der Waals surface area (Å²) in [6.07, 6.45) is -0.670. The number of aliphatic hydroxyl groups excluding tert-OH is 1. The van der Waals surface area contributed by atoms with Crippen LogP contribution in [0.1, 0.15) is 25.5 Å². The molecule has 18 heavy (non-hydrogen) atoms. The van der Waals surface area contributed by atoms with Gasteiger partial charge in [-0.3, -0.25) is 0 Å². The molecule has 1 aromatic rings. The van der Waals surface area contributed by atoms with Crippen molar-refractivity contribution in [3.05, 3.63) is 29.8 Å². The van der Waals surface area contributed by atoms with Gasteiger partial charge in [0.1, 0.15) is 5.75 Å². The summed E-state index contributed by atoms with van der Waals surface area (Å²) in [5.41, 5.74) is 6.54. The third kappa shape index (κ3) is 4.76. The van der Waals surface area contributed by atoms with Gasteiger partial charge in [-0.05, 0) is 23.6 Å². The van der Waals surface area contributed by atoms with E-state index in [1.54, 1.807) is 12.1 Å². The van der Waals surface area contributed by atoms with Crippen LogP contribution in [0.3, 0.4) is 0 Å². The highest BCUT2D eigenvalue weighted by Crippen LogP contribution is 2.22. The average molecular weight is 282 g/mol. The van der Waals surface area contributed by atoms with Gasteiger partial charge in [-0.25, -0.2) is 0 Å². The Morgan fingerprint density at radius 3 is 2.06 bits per heavy atom. The quantitative estimate of drug-likeness (QED) is 0.872. The van der Waals surface area contributed by atoms with E-state index < -0.39 is 18.8 Å². The number of nitrogens with two attached hydrogens (primary N) is 1. The summed E-state index contributed by atoms with van der Waals surface area (Å²) < 4.78 is 28.1. The lowest BCUT2D eigenvalue weighted by atomic mass is 9.94. The normalized spacial score (nSPS) is 14.2. The van der Waals surface area contributed by atoms with Gasteiger partial charge < -0.3 is 15.6 Å². The minimum atomic E-state index is -2.84. The highest BCUT2D eigenvalue weighted by molar-refractivity contribution is 5.85. The van der Waals surface area contributed by atoms with E-state index >= 15 is 0 Å². The Morgan fingerprint density at radius 1 is 1.17 bits per heavy atom. The number of rotatable bonds is 5. The smallest absolute Gasteiger partial charge is 0.387 e. The molecule has 104 valence electrons. The molecule has 0 saturated heterocycles. The molecule has 0 radical (unpaired) electrons. The molecule has 0 bridgehead atoms. The largest absolute Gasteiger partial charge is 0.435 e. The van der Waals surface area contributed by atoms with Gasteiger partial charge in [-0.15, -0.1) is 12.4 Å². The lowest BCUT2D eigenvalue weighted by molar-refractivity contribution is -0.0498. The van der Waals surface area contributed by atoms with E-state index in [0.717, 1.165) is 0 Å². The minimum Gasteiger partial charge on any atom is -0.435 e. The van der Waals surface area contributed by atoms with Crippen LogP contribution in [0, 0.1) is 5.92 Å². The fourth-order valence-corrected chi connectivity index (χ4v) is 1.48. The molecule has 0 heterocycles. The predicted molar refractivity (Wildman–Crippen MR) is 68.1 cm³/mol. The van der Waals surface area contributed by atoms with E-state index in [4.69, 9.17) is 5.73 Å². The van der Waals surface area contributed by atoms with E-state index in [1.807, 2.05) is 13.8 Å². The molecule has 6 heteroatoms. The standard InChI is InChI=1S/C12H17F2NO2.ClH/c1-7(2)11(16)10(15)8-3-5-9(6-4-8)17-12(13)14;/h3-7,10-12,16H,15H2,1-2H3;1H/t10-,11+;/m0./s1. The fraction of sp³-hybridized carbons (Fsp3) is 0.500. The molecule has 1 aromatic carbocycles. The second-order valence-corrected chi connectivity index (χ2v) is 4.21. The zero-order valence-electron chi connectivity index (χ0n) is 10.2. The number of hydrogen-bond donors (Lipinski definition) is 2. The zero-order valence-corrected chi connectivity index (χ0v) is 11.0. The van der Waals surface area contributed by atoms with E-state index in [2.05, 4.69) is 4.74 Å². The first-order valence-electron chi connectivity index (χ1n) is 5.40. The average Bonchev–Trinajstić information content (AvgIpc) is 2.27. The third-order valence-electron chi connectivity index (χ3n) is 2.54. The second-order valence-electron chi connectivity index (χ2n) is 4.21. The van der Waals surface area contributed by atoms with Crippen molar-refractivity contribution in [3.63, 3.8) is 0 Å². The van der Waals surface area contributed by atoms with Gasteiger partial charge in [0.2, 0.25) is 0 Å². The zero-order chi connectivity index (χ0) is 13.0. The van der Waals surface area contributed by atoms with E-state index in [0.29, 0.717) is 5.56 Å². The summed E-state index contributed by atoms with van der Waals surface area (Å²) in [6, 6.07) is 5.45. The lowest BCUT2D eigenvalue weighted by Crippen LogP contribution is -2.30. The van der Waals surface area contributed by atoms with Crippen LogP contribution < -0.4 is 10.5 Å². The van der Waals surface area contributed by atoms with Crippen molar-refractivity contribution in [2.24, 2.45) is 11.7 Å². The fourth-order valence-electron chi connectivity index (χ4n) is 1.48. The van der Waals surface area contributed by atoms with Crippen molar-refractivity contribution in [1.29, 1.82) is 0 Å². The molecule has 2 atom stereocenters. The molecule has 0 aromatic heterocycles. The maximum Gasteiger partial charge on any atom is 0.387 e. The molecular formula is C12H18ClF2NO2. The molecule has 0 aliphatic heterocycles. The molecule has 3 N–H and O–H groups in total. The predicted octanol–water partition coefficient (Wildman–Crippen LogP) is 2.73. The molecule has 0 aliphatic rings. The van der Waals surface area contributed by atoms with Gasteiger partial charge in [0.05, 0.1) is 12.1 Å². The van der Waals surface area contributed by atoms with Crippen LogP contribution in [0.5, 0.6) is 5.75 Å². The number of alkyl halides is 2. The van der Waals surface area contributed by atoms with Crippen molar-refractivity contribution >= 4 is 12.4 Å². The second kappa shape index (κ2) is 7.51. The van der Waals surface area contributed by atoms with E-state index in [1.165, 1.54) is 12.1 Å². The van der Waals surface area contributed by atoms with Gasteiger partial charge >= 0.3 is 6.61 Å². The third-order valence-corrected chi connectivity index (χ3v) is 2.54. The monoisotopic (exact) mass is 281 g/mol. The van der Waals surface area contributed by atoms with Gasteiger partial charge in [0.15, 0.2) is 0 Å². The first kappa shape index (κ1) is 17.1. The van der Waals surface area contributed by atoms with E-state index in [9.17, 15) is 13.9 Å². The number of hydrogen-bond acceptors (Lipinski definition) is 3. The molecule has 0 saturated carbocycles. The van der Waals surface area contributed by atoms with Crippen molar-refractivity contribution in [1.82, 2.24) is 0 Å². The van der Waals surface area contributed by atoms with Crippen molar-refractivity contribution < 1.29 is 18.6 Å². The van der Waals surface area contributed by atoms with Gasteiger partial charge in [0, 0.05) is 0 Å². The maximum absolute atomic E-state index is 11.9. The first-order chi connectivity index (χ1) is 7.91. The number of ether oxygens (including phenoxy) is 1. The molecule has 0 spiro atoms. The van der Waals surface area contributed by atoms with Crippen LogP contribution in [-0.2, 0) is 0 Å². The highest BCUT2D eigenvalue weighted by Gasteiger charge is 2.20. The lowest BCUT2D eigenvalue weighted by Gasteiger charge is -2.22. The highest BCUT2D eigenvalue weighted by atomic mass is 35.5. The van der Waals surface area contributed by atoms with Crippen LogP contribution in [0.25, 0.3) is 0 Å². The van der Waals surface area contributed by atoms with Crippen LogP contribution in [0.2, 0.25) is 0 Å². The summed E-state index contributed by atoms with van der Waals surface area (Å²) in [4.78, 5) is 0. The van der Waals surface area contributed by atoms with Crippen LogP contribution in [0.4, 0.5) is 8.78 Å². The molecule has 3 nitrogen and oxygen atoms in total. The van der Waals surface area contributed by atoms with E-state index in [-0.39, 0.29) is 24.1 Å². The molecule has 0 amide bonds. The van der Waals surface area contributed by atoms with Crippen LogP contribution in [-0.4, -0.2) is 17.8 Å². The maximum atomic E-state index is 11.9. The molecule has 0 fully saturated rings. The molecule has 0 unspecified atom stereocenters. The van der Waals surface area contributed by atoms with Crippen LogP contribution in [0.15, 0.2) is 24.3 Å². The number of halogens is 3. The number of aliphatic hydroxyl groups is 1. The van der Waals surface area contributed by atoms with Crippen LogP contribution >= 0.6 is 12.4 Å². The Balaban J connectivity index is 0.00000289. The summed E-state index contributed by atoms with van der Waals surface area (Å²) in [6.45, 7) is 0.883. The summed E-state index contributed by atoms with van der Waals surface area (Å²) in [5, 5.41) is 9.79. The van der Waals surface area contributed by atoms with Gasteiger partial charge in [0.25, 0.3) is 0 Å². The first-order valence-corrected chi connectivity index (χ1v) is 5.40. The Morgan fingerprint density at radius 2 is 1.67 bits per heavy atom. The molecule has 1 rings (SSSR count). The summed E-state index contributed by atoms with van der Waals surface area (Å²) >= 11 is 0. The van der Waals surface area contributed by atoms with Crippen molar-refractivity contribution in [3.8, 4) is 5.75 Å². The summed E-state index contributed by atoms with van der Waals surface area (Å²) in [5.74, 6) is 0.108.